The molecule has 26 heavy (non-hydrogen) atoms. The smallest absolute Gasteiger partial charge is 0.279 e. The molecule has 0 radical (unpaired) electrons. The van der Waals surface area contributed by atoms with Gasteiger partial charge in [-0.2, -0.15) is 0 Å². The van der Waals surface area contributed by atoms with Crippen molar-refractivity contribution >= 4 is 11.8 Å². The van der Waals surface area contributed by atoms with Gasteiger partial charge in [-0.15, -0.1) is 0 Å². The van der Waals surface area contributed by atoms with Crippen LogP contribution in [-0.4, -0.2) is 23.0 Å². The summed E-state index contributed by atoms with van der Waals surface area (Å²) < 4.78 is 18.2. The van der Waals surface area contributed by atoms with Crippen molar-refractivity contribution in [3.8, 4) is 11.5 Å². The molecule has 0 saturated heterocycles. The molecule has 3 N–H and O–H groups in total. The van der Waals surface area contributed by atoms with Crippen LogP contribution in [0.1, 0.15) is 42.6 Å². The first-order valence-corrected chi connectivity index (χ1v) is 8.13. The van der Waals surface area contributed by atoms with Gasteiger partial charge in [0.25, 0.3) is 11.8 Å². The highest BCUT2D eigenvalue weighted by Crippen LogP contribution is 2.23. The third kappa shape index (κ3) is 4.95. The first-order chi connectivity index (χ1) is 12.3. The van der Waals surface area contributed by atoms with E-state index < -0.39 is 23.7 Å². The van der Waals surface area contributed by atoms with Gasteiger partial charge in [0.15, 0.2) is 6.10 Å². The number of phenols is 1. The number of rotatable bonds is 5. The van der Waals surface area contributed by atoms with Crippen molar-refractivity contribution in [3.05, 3.63) is 59.4 Å². The molecule has 138 valence electrons. The number of benzene rings is 2. The zero-order chi connectivity index (χ0) is 19.3. The van der Waals surface area contributed by atoms with Crippen LogP contribution in [0.4, 0.5) is 4.39 Å². The average Bonchev–Trinajstić information content (AvgIpc) is 2.61. The number of hydrogen-bond donors (Lipinski definition) is 3. The molecule has 2 aromatic rings. The molecule has 0 aliphatic carbocycles. The van der Waals surface area contributed by atoms with E-state index in [1.165, 1.54) is 43.3 Å². The van der Waals surface area contributed by atoms with E-state index in [1.807, 2.05) is 13.8 Å². The molecular formula is C19H21FN2O4. The Morgan fingerprint density at radius 1 is 1.04 bits per heavy atom. The van der Waals surface area contributed by atoms with Gasteiger partial charge in [0.2, 0.25) is 0 Å². The first-order valence-electron chi connectivity index (χ1n) is 8.13. The van der Waals surface area contributed by atoms with Gasteiger partial charge in [0, 0.05) is 0 Å². The van der Waals surface area contributed by atoms with Gasteiger partial charge in [0.05, 0.1) is 5.56 Å². The summed E-state index contributed by atoms with van der Waals surface area (Å²) in [5, 5.41) is 9.97. The maximum absolute atomic E-state index is 12.9. The fourth-order valence-electron chi connectivity index (χ4n) is 2.16. The van der Waals surface area contributed by atoms with E-state index in [1.54, 1.807) is 6.07 Å². The molecule has 0 aliphatic heterocycles. The van der Waals surface area contributed by atoms with Crippen molar-refractivity contribution in [2.24, 2.45) is 0 Å². The molecule has 0 heterocycles. The molecule has 0 aromatic heterocycles. The number of hydrogen-bond acceptors (Lipinski definition) is 4. The normalized spacial score (nSPS) is 11.7. The average molecular weight is 360 g/mol. The molecule has 0 bridgehead atoms. The Morgan fingerprint density at radius 2 is 1.69 bits per heavy atom. The number of phenolic OH excluding ortho intramolecular Hbond substituents is 1. The van der Waals surface area contributed by atoms with Crippen LogP contribution in [0.2, 0.25) is 0 Å². The van der Waals surface area contributed by atoms with Crippen LogP contribution in [0, 0.1) is 5.82 Å². The highest BCUT2D eigenvalue weighted by atomic mass is 19.1. The Hall–Kier alpha value is -3.09. The summed E-state index contributed by atoms with van der Waals surface area (Å²) in [6, 6.07) is 9.96. The first kappa shape index (κ1) is 19.2. The number of amides is 2. The van der Waals surface area contributed by atoms with Crippen molar-refractivity contribution in [2.45, 2.75) is 32.8 Å². The Kier molecular flexibility index (Phi) is 6.16. The predicted octanol–water partition coefficient (Wildman–Crippen LogP) is 2.88. The maximum Gasteiger partial charge on any atom is 0.279 e. The second kappa shape index (κ2) is 8.33. The summed E-state index contributed by atoms with van der Waals surface area (Å²) in [4.78, 5) is 24.1. The lowest BCUT2D eigenvalue weighted by Crippen LogP contribution is -2.47. The van der Waals surface area contributed by atoms with Crippen molar-refractivity contribution in [2.75, 3.05) is 0 Å². The number of nitrogens with one attached hydrogen (secondary N) is 2. The number of halogens is 1. The molecule has 0 saturated carbocycles. The Balaban J connectivity index is 1.91. The van der Waals surface area contributed by atoms with Crippen LogP contribution in [0.3, 0.4) is 0 Å². The summed E-state index contributed by atoms with van der Waals surface area (Å²) in [5.41, 5.74) is 5.39. The van der Waals surface area contributed by atoms with Gasteiger partial charge in [-0.25, -0.2) is 4.39 Å². The summed E-state index contributed by atoms with van der Waals surface area (Å²) in [6.07, 6.45) is -0.919. The second-order valence-corrected chi connectivity index (χ2v) is 6.09. The van der Waals surface area contributed by atoms with E-state index in [0.29, 0.717) is 5.75 Å². The highest BCUT2D eigenvalue weighted by Gasteiger charge is 2.17. The van der Waals surface area contributed by atoms with Gasteiger partial charge >= 0.3 is 0 Å². The minimum atomic E-state index is -0.919. The summed E-state index contributed by atoms with van der Waals surface area (Å²) in [5.74, 6) is -1.30. The van der Waals surface area contributed by atoms with Crippen LogP contribution in [-0.2, 0) is 4.79 Å². The number of carbonyl (C=O) groups is 2. The standard InChI is InChI=1S/C19H21FN2O4/c1-11(2)13-4-9-16(17(23)10-13)19(25)22-21-18(24)12(3)26-15-7-5-14(20)6-8-15/h4-12,23H,1-3H3,(H,21,24)(H,22,25). The van der Waals surface area contributed by atoms with E-state index in [0.717, 1.165) is 5.56 Å². The Labute approximate surface area is 151 Å². The topological polar surface area (TPSA) is 87.7 Å². The molecule has 2 aromatic carbocycles. The predicted molar refractivity (Wildman–Crippen MR) is 94.3 cm³/mol. The van der Waals surface area contributed by atoms with E-state index in [2.05, 4.69) is 10.9 Å². The number of ether oxygens (including phenoxy) is 1. The molecule has 1 unspecified atom stereocenters. The van der Waals surface area contributed by atoms with Crippen molar-refractivity contribution < 1.29 is 23.8 Å². The zero-order valence-corrected chi connectivity index (χ0v) is 14.7. The molecule has 2 amide bonds. The summed E-state index contributed by atoms with van der Waals surface area (Å²) >= 11 is 0. The number of hydrazine groups is 1. The highest BCUT2D eigenvalue weighted by molar-refractivity contribution is 5.98. The summed E-state index contributed by atoms with van der Waals surface area (Å²) in [7, 11) is 0. The fourth-order valence-corrected chi connectivity index (χ4v) is 2.16. The molecule has 2 rings (SSSR count). The van der Waals surface area contributed by atoms with Gasteiger partial charge in [-0.3, -0.25) is 20.4 Å². The Morgan fingerprint density at radius 3 is 2.27 bits per heavy atom. The molecule has 0 aliphatic rings. The van der Waals surface area contributed by atoms with Crippen LogP contribution in [0.25, 0.3) is 0 Å². The van der Waals surface area contributed by atoms with Crippen molar-refractivity contribution in [1.82, 2.24) is 10.9 Å². The van der Waals surface area contributed by atoms with E-state index in [-0.39, 0.29) is 17.2 Å². The lowest BCUT2D eigenvalue weighted by Gasteiger charge is -2.15. The SMILES string of the molecule is CC(Oc1ccc(F)cc1)C(=O)NNC(=O)c1ccc(C(C)C)cc1O. The van der Waals surface area contributed by atoms with Crippen molar-refractivity contribution in [3.63, 3.8) is 0 Å². The van der Waals surface area contributed by atoms with Crippen LogP contribution in [0.15, 0.2) is 42.5 Å². The van der Waals surface area contributed by atoms with E-state index in [9.17, 15) is 19.1 Å². The lowest BCUT2D eigenvalue weighted by molar-refractivity contribution is -0.128. The lowest BCUT2D eigenvalue weighted by atomic mass is 10.0. The third-order valence-electron chi connectivity index (χ3n) is 3.73. The van der Waals surface area contributed by atoms with Gasteiger partial charge in [-0.05, 0) is 54.8 Å². The van der Waals surface area contributed by atoms with Crippen LogP contribution in [0.5, 0.6) is 11.5 Å². The molecular weight excluding hydrogens is 339 g/mol. The zero-order valence-electron chi connectivity index (χ0n) is 14.7. The van der Waals surface area contributed by atoms with E-state index >= 15 is 0 Å². The monoisotopic (exact) mass is 360 g/mol. The van der Waals surface area contributed by atoms with Gasteiger partial charge in [0.1, 0.15) is 17.3 Å². The summed E-state index contributed by atoms with van der Waals surface area (Å²) in [6.45, 7) is 5.42. The Bertz CT molecular complexity index is 791. The minimum Gasteiger partial charge on any atom is -0.507 e. The molecule has 1 atom stereocenters. The van der Waals surface area contributed by atoms with Crippen molar-refractivity contribution in [1.29, 1.82) is 0 Å². The largest absolute Gasteiger partial charge is 0.507 e. The minimum absolute atomic E-state index is 0.0433. The van der Waals surface area contributed by atoms with Gasteiger partial charge < -0.3 is 9.84 Å². The molecule has 6 nitrogen and oxygen atoms in total. The second-order valence-electron chi connectivity index (χ2n) is 6.09. The number of carbonyl (C=O) groups excluding carboxylic acids is 2. The fraction of sp³-hybridized carbons (Fsp3) is 0.263. The number of aromatic hydroxyl groups is 1. The third-order valence-corrected chi connectivity index (χ3v) is 3.73. The molecule has 0 fully saturated rings. The molecule has 7 heteroatoms. The maximum atomic E-state index is 12.9. The molecule has 0 spiro atoms. The van der Waals surface area contributed by atoms with Crippen LogP contribution >= 0.6 is 0 Å². The van der Waals surface area contributed by atoms with E-state index in [4.69, 9.17) is 4.74 Å². The van der Waals surface area contributed by atoms with Crippen LogP contribution < -0.4 is 15.6 Å². The quantitative estimate of drug-likeness (QED) is 0.716. The van der Waals surface area contributed by atoms with Gasteiger partial charge in [-0.1, -0.05) is 19.9 Å².